The van der Waals surface area contributed by atoms with Gasteiger partial charge in [0.1, 0.15) is 11.6 Å². The second-order valence-electron chi connectivity index (χ2n) is 7.26. The average Bonchev–Trinajstić information content (AvgIpc) is 3.16. The van der Waals surface area contributed by atoms with Crippen molar-refractivity contribution in [2.24, 2.45) is 11.5 Å². The zero-order valence-corrected chi connectivity index (χ0v) is 17.1. The van der Waals surface area contributed by atoms with Crippen LogP contribution in [0.15, 0.2) is 47.3 Å². The number of carbonyl (C=O) groups excluding carboxylic acids is 1. The number of nitrogens with zero attached hydrogens (tertiary/aromatic N) is 3. The zero-order chi connectivity index (χ0) is 22.1. The topological polar surface area (TPSA) is 130 Å². The molecule has 2 aliphatic rings. The Bertz CT molecular complexity index is 1080. The third-order valence-corrected chi connectivity index (χ3v) is 6.27. The highest BCUT2D eigenvalue weighted by molar-refractivity contribution is 7.99. The highest BCUT2D eigenvalue weighted by Crippen LogP contribution is 2.36. The molecule has 2 unspecified atom stereocenters. The molecule has 31 heavy (non-hydrogen) atoms. The number of aromatic nitrogens is 2. The summed E-state index contributed by atoms with van der Waals surface area (Å²) in [7, 11) is 0. The summed E-state index contributed by atoms with van der Waals surface area (Å²) in [4.78, 5) is 21.2. The Labute approximate surface area is 181 Å². The molecule has 162 valence electrons. The van der Waals surface area contributed by atoms with Gasteiger partial charge in [-0.1, -0.05) is 11.8 Å². The normalized spacial score (nSPS) is 21.1. The fourth-order valence-electron chi connectivity index (χ4n) is 3.69. The lowest BCUT2D eigenvalue weighted by atomic mass is 10.1. The van der Waals surface area contributed by atoms with E-state index in [4.69, 9.17) is 11.5 Å². The molecule has 2 aliphatic heterocycles. The third kappa shape index (κ3) is 4.26. The van der Waals surface area contributed by atoms with E-state index in [9.17, 15) is 18.7 Å². The van der Waals surface area contributed by atoms with Gasteiger partial charge >= 0.3 is 0 Å². The van der Waals surface area contributed by atoms with Crippen LogP contribution in [0.5, 0.6) is 5.75 Å². The molecule has 0 bridgehead atoms. The third-order valence-electron chi connectivity index (χ3n) is 5.18. The largest absolute Gasteiger partial charge is 0.504 e. The van der Waals surface area contributed by atoms with E-state index in [1.807, 2.05) is 0 Å². The Kier molecular flexibility index (Phi) is 5.68. The highest BCUT2D eigenvalue weighted by Gasteiger charge is 2.37. The summed E-state index contributed by atoms with van der Waals surface area (Å²) in [5, 5.41) is 13.8. The lowest BCUT2D eigenvalue weighted by molar-refractivity contribution is 0.112. The predicted molar refractivity (Wildman–Crippen MR) is 112 cm³/mol. The first-order valence-corrected chi connectivity index (χ1v) is 10.3. The quantitative estimate of drug-likeness (QED) is 0.399. The Morgan fingerprint density at radius 1 is 1.32 bits per heavy atom. The number of allylic oxidation sites excluding steroid dienone is 1. The highest BCUT2D eigenvalue weighted by atomic mass is 32.2. The van der Waals surface area contributed by atoms with Crippen LogP contribution in [0.25, 0.3) is 5.70 Å². The molecule has 0 aliphatic carbocycles. The predicted octanol–water partition coefficient (Wildman–Crippen LogP) is 1.54. The van der Waals surface area contributed by atoms with Crippen LogP contribution < -0.4 is 16.8 Å². The van der Waals surface area contributed by atoms with Crippen molar-refractivity contribution < 1.29 is 18.7 Å². The number of fused-ring (bicyclic) bond motifs is 1. The van der Waals surface area contributed by atoms with Crippen LogP contribution in [0.2, 0.25) is 0 Å². The van der Waals surface area contributed by atoms with Crippen molar-refractivity contribution in [2.75, 3.05) is 13.1 Å². The molecule has 0 radical (unpaired) electrons. The van der Waals surface area contributed by atoms with Gasteiger partial charge in [-0.15, -0.1) is 0 Å². The van der Waals surface area contributed by atoms with Crippen molar-refractivity contribution in [3.05, 3.63) is 64.9 Å². The van der Waals surface area contributed by atoms with Crippen LogP contribution >= 0.6 is 11.8 Å². The van der Waals surface area contributed by atoms with Gasteiger partial charge in [-0.25, -0.2) is 18.7 Å². The molecule has 0 spiro atoms. The zero-order valence-electron chi connectivity index (χ0n) is 16.3. The van der Waals surface area contributed by atoms with Gasteiger partial charge in [0.25, 0.3) is 0 Å². The first-order chi connectivity index (χ1) is 14.9. The fourth-order valence-corrected chi connectivity index (χ4v) is 4.77. The molecule has 1 saturated heterocycles. The fraction of sp³-hybridized carbons (Fsp3) is 0.250. The molecule has 8 nitrogen and oxygen atoms in total. The van der Waals surface area contributed by atoms with Crippen LogP contribution in [-0.2, 0) is 0 Å². The number of aromatic hydroxyl groups is 1. The molecule has 4 rings (SSSR count). The molecular formula is C20H20F2N6O2S. The number of hydrogen-bond acceptors (Lipinski definition) is 9. The van der Waals surface area contributed by atoms with Gasteiger partial charge in [-0.05, 0) is 18.6 Å². The number of phenols is 1. The number of nitrogens with two attached hydrogens (primary N) is 2. The van der Waals surface area contributed by atoms with E-state index in [-0.39, 0.29) is 22.6 Å². The van der Waals surface area contributed by atoms with Gasteiger partial charge in [-0.3, -0.25) is 4.79 Å². The van der Waals surface area contributed by atoms with Crippen molar-refractivity contribution in [2.45, 2.75) is 22.9 Å². The Morgan fingerprint density at radius 3 is 2.77 bits per heavy atom. The molecule has 0 amide bonds. The van der Waals surface area contributed by atoms with Gasteiger partial charge in [0.2, 0.25) is 0 Å². The van der Waals surface area contributed by atoms with Crippen molar-refractivity contribution in [1.82, 2.24) is 20.2 Å². The number of aldehydes is 1. The van der Waals surface area contributed by atoms with E-state index >= 15 is 0 Å². The average molecular weight is 446 g/mol. The van der Waals surface area contributed by atoms with Crippen molar-refractivity contribution in [3.63, 3.8) is 0 Å². The summed E-state index contributed by atoms with van der Waals surface area (Å²) in [6, 6.07) is 1.68. The number of phenolic OH excluding ortho intramolecular Hbond substituents is 1. The summed E-state index contributed by atoms with van der Waals surface area (Å²) in [5.74, 6) is -2.28. The van der Waals surface area contributed by atoms with Gasteiger partial charge < -0.3 is 26.8 Å². The first kappa shape index (κ1) is 20.9. The lowest BCUT2D eigenvalue weighted by Gasteiger charge is -2.34. The smallest absolute Gasteiger partial charge is 0.187 e. The molecule has 1 aromatic heterocycles. The minimum absolute atomic E-state index is 0.0137. The van der Waals surface area contributed by atoms with Crippen LogP contribution in [-0.4, -0.2) is 50.6 Å². The maximum absolute atomic E-state index is 13.7. The number of nitrogens with one attached hydrogen (secondary N) is 1. The minimum Gasteiger partial charge on any atom is -0.504 e. The van der Waals surface area contributed by atoms with Crippen LogP contribution in [0.3, 0.4) is 0 Å². The number of rotatable bonds is 5. The van der Waals surface area contributed by atoms with Crippen LogP contribution in [0.4, 0.5) is 8.78 Å². The maximum atomic E-state index is 13.7. The van der Waals surface area contributed by atoms with E-state index in [2.05, 4.69) is 20.2 Å². The molecule has 0 saturated carbocycles. The van der Waals surface area contributed by atoms with Crippen molar-refractivity contribution in [1.29, 1.82) is 0 Å². The van der Waals surface area contributed by atoms with E-state index in [1.54, 1.807) is 0 Å². The van der Waals surface area contributed by atoms with Crippen molar-refractivity contribution in [3.8, 4) is 5.75 Å². The number of benzene rings is 1. The summed E-state index contributed by atoms with van der Waals surface area (Å²) in [6.45, 7) is 1.25. The van der Waals surface area contributed by atoms with Crippen LogP contribution in [0, 0.1) is 11.6 Å². The lowest BCUT2D eigenvalue weighted by Crippen LogP contribution is -2.45. The Morgan fingerprint density at radius 2 is 2.06 bits per heavy atom. The Balaban J connectivity index is 1.56. The molecule has 2 atom stereocenters. The standard InChI is InChI=1S/C20H20F2N6O2S/c21-11-1-14(18(30)15(22)2-11)16(23)4-17-19(24)25-7-12-3-13(8-28(12)17)31-20-26-5-10(9-29)6-27-20/h1-2,4-6,9,12-13,25,30H,3,7-8,23-24H2/b16-4-. The number of carbonyl (C=O) groups is 1. The van der Waals surface area contributed by atoms with E-state index in [1.165, 1.54) is 30.2 Å². The second kappa shape index (κ2) is 8.42. The molecule has 2 aromatic rings. The SMILES string of the molecule is NC1=C(/C=C(\N)c2cc(F)cc(F)c2O)N2CC(Sc3ncc(C=O)cn3)CC2CN1. The Hall–Kier alpha value is -3.34. The summed E-state index contributed by atoms with van der Waals surface area (Å²) >= 11 is 1.50. The van der Waals surface area contributed by atoms with E-state index in [0.717, 1.165) is 12.5 Å². The number of thioether (sulfide) groups is 1. The molecule has 1 fully saturated rings. The van der Waals surface area contributed by atoms with Crippen molar-refractivity contribution >= 4 is 23.7 Å². The number of hydrogen-bond donors (Lipinski definition) is 4. The minimum atomic E-state index is -1.09. The van der Waals surface area contributed by atoms with E-state index in [0.29, 0.717) is 47.7 Å². The molecule has 6 N–H and O–H groups in total. The molecule has 3 heterocycles. The molecular weight excluding hydrogens is 426 g/mol. The van der Waals surface area contributed by atoms with E-state index < -0.39 is 17.4 Å². The summed E-state index contributed by atoms with van der Waals surface area (Å²) < 4.78 is 27.3. The molecule has 11 heteroatoms. The van der Waals surface area contributed by atoms with Gasteiger partial charge in [0.05, 0.1) is 11.3 Å². The number of halogens is 2. The second-order valence-corrected chi connectivity index (χ2v) is 8.53. The van der Waals surface area contributed by atoms with Gasteiger partial charge in [-0.2, -0.15) is 0 Å². The summed E-state index contributed by atoms with van der Waals surface area (Å²) in [5.41, 5.74) is 13.0. The van der Waals surface area contributed by atoms with Gasteiger partial charge in [0, 0.05) is 54.1 Å². The van der Waals surface area contributed by atoms with Gasteiger partial charge in [0.15, 0.2) is 23.0 Å². The maximum Gasteiger partial charge on any atom is 0.187 e. The summed E-state index contributed by atoms with van der Waals surface area (Å²) in [6.07, 6.45) is 5.97. The van der Waals surface area contributed by atoms with Crippen LogP contribution in [0.1, 0.15) is 22.3 Å². The molecule has 1 aromatic carbocycles. The monoisotopic (exact) mass is 446 g/mol. The first-order valence-electron chi connectivity index (χ1n) is 9.45.